The molecule has 0 saturated heterocycles. The van der Waals surface area contributed by atoms with E-state index in [0.717, 1.165) is 29.3 Å². The van der Waals surface area contributed by atoms with Gasteiger partial charge in [0.05, 0.1) is 6.04 Å². The van der Waals surface area contributed by atoms with Gasteiger partial charge in [-0.05, 0) is 25.1 Å². The Morgan fingerprint density at radius 3 is 2.63 bits per heavy atom. The first-order valence-corrected chi connectivity index (χ1v) is 6.44. The van der Waals surface area contributed by atoms with Gasteiger partial charge in [0.25, 0.3) is 0 Å². The number of carbonyl (C=O) groups excluding carboxylic acids is 3. The van der Waals surface area contributed by atoms with Gasteiger partial charge in [-0.1, -0.05) is 12.1 Å². The highest BCUT2D eigenvalue weighted by Gasteiger charge is 2.16. The van der Waals surface area contributed by atoms with Crippen LogP contribution in [-0.2, 0) is 16.1 Å². The predicted molar refractivity (Wildman–Crippen MR) is 75.7 cm³/mol. The van der Waals surface area contributed by atoms with Gasteiger partial charge in [0.1, 0.15) is 18.9 Å². The molecule has 1 aromatic rings. The van der Waals surface area contributed by atoms with Crippen LogP contribution in [0.1, 0.15) is 28.8 Å². The summed E-state index contributed by atoms with van der Waals surface area (Å²) in [5.41, 5.74) is 1.36. The van der Waals surface area contributed by atoms with Crippen LogP contribution in [0, 0.1) is 0 Å². The molecule has 0 saturated carbocycles. The summed E-state index contributed by atoms with van der Waals surface area (Å²) in [5.74, 6) is 0. The van der Waals surface area contributed by atoms with Gasteiger partial charge in [-0.15, -0.1) is 12.6 Å². The molecule has 0 heterocycles. The number of hydrogen-bond donors (Lipinski definition) is 1. The summed E-state index contributed by atoms with van der Waals surface area (Å²) in [6, 6.07) is 4.95. The SMILES string of the molecule is CN(Cc1c(S)cccc1C=O)C(C=O)CCC=O. The van der Waals surface area contributed by atoms with E-state index < -0.39 is 0 Å². The standard InChI is InChI=1S/C14H17NO3S/c1-15(12(10-18)5-3-7-16)8-13-11(9-17)4-2-6-14(13)19/h2,4,6-7,9-10,12,19H,3,5,8H2,1H3. The molecule has 0 aliphatic carbocycles. The van der Waals surface area contributed by atoms with Gasteiger partial charge >= 0.3 is 0 Å². The summed E-state index contributed by atoms with van der Waals surface area (Å²) in [6.07, 6.45) is 3.23. The molecular formula is C14H17NO3S. The Labute approximate surface area is 118 Å². The molecule has 0 aliphatic heterocycles. The first kappa shape index (κ1) is 15.6. The Balaban J connectivity index is 2.85. The molecule has 1 atom stereocenters. The van der Waals surface area contributed by atoms with Crippen LogP contribution in [0.15, 0.2) is 23.1 Å². The van der Waals surface area contributed by atoms with Gasteiger partial charge in [-0.3, -0.25) is 9.69 Å². The molecular weight excluding hydrogens is 262 g/mol. The van der Waals surface area contributed by atoms with E-state index in [2.05, 4.69) is 12.6 Å². The third kappa shape index (κ3) is 4.29. The zero-order valence-electron chi connectivity index (χ0n) is 10.8. The second kappa shape index (κ2) is 7.86. The number of aldehydes is 3. The monoisotopic (exact) mass is 279 g/mol. The quantitative estimate of drug-likeness (QED) is 0.582. The summed E-state index contributed by atoms with van der Waals surface area (Å²) in [5, 5.41) is 0. The molecule has 0 aromatic heterocycles. The molecule has 0 fully saturated rings. The van der Waals surface area contributed by atoms with E-state index in [9.17, 15) is 14.4 Å². The van der Waals surface area contributed by atoms with E-state index >= 15 is 0 Å². The van der Waals surface area contributed by atoms with Crippen molar-refractivity contribution in [3.8, 4) is 0 Å². The van der Waals surface area contributed by atoms with Crippen LogP contribution in [0.3, 0.4) is 0 Å². The Hall–Kier alpha value is -1.46. The zero-order valence-corrected chi connectivity index (χ0v) is 11.7. The van der Waals surface area contributed by atoms with Crippen molar-refractivity contribution in [2.45, 2.75) is 30.3 Å². The lowest BCUT2D eigenvalue weighted by molar-refractivity contribution is -0.113. The van der Waals surface area contributed by atoms with Gasteiger partial charge in [0.2, 0.25) is 0 Å². The fourth-order valence-corrected chi connectivity index (χ4v) is 2.16. The Bertz CT molecular complexity index is 462. The van der Waals surface area contributed by atoms with Crippen molar-refractivity contribution in [3.63, 3.8) is 0 Å². The maximum Gasteiger partial charge on any atom is 0.150 e. The number of thiol groups is 1. The largest absolute Gasteiger partial charge is 0.303 e. The fourth-order valence-electron chi connectivity index (χ4n) is 1.87. The highest BCUT2D eigenvalue weighted by molar-refractivity contribution is 7.80. The van der Waals surface area contributed by atoms with Crippen LogP contribution in [0.5, 0.6) is 0 Å². The fraction of sp³-hybridized carbons (Fsp3) is 0.357. The predicted octanol–water partition coefficient (Wildman–Crippen LogP) is 1.77. The molecule has 0 bridgehead atoms. The Kier molecular flexibility index (Phi) is 6.45. The summed E-state index contributed by atoms with van der Waals surface area (Å²) < 4.78 is 0. The number of likely N-dealkylation sites (N-methyl/N-ethyl adjacent to an activating group) is 1. The molecule has 0 N–H and O–H groups in total. The average molecular weight is 279 g/mol. The molecule has 1 rings (SSSR count). The first-order chi connectivity index (χ1) is 9.13. The second-order valence-electron chi connectivity index (χ2n) is 4.33. The van der Waals surface area contributed by atoms with Crippen molar-refractivity contribution in [1.82, 2.24) is 4.90 Å². The Morgan fingerprint density at radius 1 is 1.32 bits per heavy atom. The molecule has 1 unspecified atom stereocenters. The highest BCUT2D eigenvalue weighted by Crippen LogP contribution is 2.20. The summed E-state index contributed by atoms with van der Waals surface area (Å²) in [6.45, 7) is 0.440. The van der Waals surface area contributed by atoms with Crippen molar-refractivity contribution in [2.75, 3.05) is 7.05 Å². The maximum absolute atomic E-state index is 11.0. The number of rotatable bonds is 8. The molecule has 19 heavy (non-hydrogen) atoms. The van der Waals surface area contributed by atoms with Gasteiger partial charge in [0.15, 0.2) is 0 Å². The minimum absolute atomic E-state index is 0.336. The lowest BCUT2D eigenvalue weighted by Crippen LogP contribution is -2.33. The maximum atomic E-state index is 11.0. The summed E-state index contributed by atoms with van der Waals surface area (Å²) >= 11 is 4.33. The first-order valence-electron chi connectivity index (χ1n) is 5.99. The number of benzene rings is 1. The highest BCUT2D eigenvalue weighted by atomic mass is 32.1. The van der Waals surface area contributed by atoms with Gasteiger partial charge in [0, 0.05) is 23.4 Å². The van der Waals surface area contributed by atoms with Crippen molar-refractivity contribution < 1.29 is 14.4 Å². The van der Waals surface area contributed by atoms with Crippen LogP contribution in [0.4, 0.5) is 0 Å². The van der Waals surface area contributed by atoms with Crippen molar-refractivity contribution in [1.29, 1.82) is 0 Å². The Morgan fingerprint density at radius 2 is 2.05 bits per heavy atom. The third-order valence-electron chi connectivity index (χ3n) is 3.03. The van der Waals surface area contributed by atoms with E-state index in [1.165, 1.54) is 0 Å². The van der Waals surface area contributed by atoms with E-state index in [4.69, 9.17) is 0 Å². The topological polar surface area (TPSA) is 54.5 Å². The van der Waals surface area contributed by atoms with E-state index in [0.29, 0.717) is 24.9 Å². The van der Waals surface area contributed by atoms with Crippen LogP contribution in [0.25, 0.3) is 0 Å². The van der Waals surface area contributed by atoms with E-state index in [-0.39, 0.29) is 6.04 Å². The van der Waals surface area contributed by atoms with Gasteiger partial charge < -0.3 is 9.59 Å². The lowest BCUT2D eigenvalue weighted by atomic mass is 10.1. The van der Waals surface area contributed by atoms with Gasteiger partial charge in [-0.2, -0.15) is 0 Å². The molecule has 0 radical (unpaired) electrons. The minimum Gasteiger partial charge on any atom is -0.303 e. The summed E-state index contributed by atoms with van der Waals surface area (Å²) in [4.78, 5) is 34.9. The molecule has 0 amide bonds. The van der Waals surface area contributed by atoms with E-state index in [1.54, 1.807) is 25.2 Å². The minimum atomic E-state index is -0.336. The summed E-state index contributed by atoms with van der Waals surface area (Å²) in [7, 11) is 1.79. The average Bonchev–Trinajstić information content (AvgIpc) is 2.42. The molecule has 0 spiro atoms. The second-order valence-corrected chi connectivity index (χ2v) is 4.81. The van der Waals surface area contributed by atoms with E-state index in [1.807, 2.05) is 4.90 Å². The van der Waals surface area contributed by atoms with Crippen LogP contribution < -0.4 is 0 Å². The number of carbonyl (C=O) groups is 3. The van der Waals surface area contributed by atoms with Crippen LogP contribution in [-0.4, -0.2) is 36.8 Å². The third-order valence-corrected chi connectivity index (χ3v) is 3.44. The molecule has 0 aliphatic rings. The van der Waals surface area contributed by atoms with Crippen LogP contribution in [0.2, 0.25) is 0 Å². The lowest BCUT2D eigenvalue weighted by Gasteiger charge is -2.24. The molecule has 4 nitrogen and oxygen atoms in total. The van der Waals surface area contributed by atoms with Crippen molar-refractivity contribution in [3.05, 3.63) is 29.3 Å². The molecule has 5 heteroatoms. The zero-order chi connectivity index (χ0) is 14.3. The van der Waals surface area contributed by atoms with Crippen molar-refractivity contribution >= 4 is 31.5 Å². The number of hydrogen-bond acceptors (Lipinski definition) is 5. The van der Waals surface area contributed by atoms with Crippen molar-refractivity contribution in [2.24, 2.45) is 0 Å². The molecule has 102 valence electrons. The number of nitrogens with zero attached hydrogens (tertiary/aromatic N) is 1. The smallest absolute Gasteiger partial charge is 0.150 e. The molecule has 1 aromatic carbocycles. The normalized spacial score (nSPS) is 12.2. The van der Waals surface area contributed by atoms with Crippen LogP contribution >= 0.6 is 12.6 Å². The van der Waals surface area contributed by atoms with Gasteiger partial charge in [-0.25, -0.2) is 0 Å².